The van der Waals surface area contributed by atoms with Crippen LogP contribution in [-0.2, 0) is 13.1 Å². The fraction of sp³-hybridized carbons (Fsp3) is 0.200. The Labute approximate surface area is 153 Å². The summed E-state index contributed by atoms with van der Waals surface area (Å²) in [5.74, 6) is 0.823. The lowest BCUT2D eigenvalue weighted by molar-refractivity contribution is 0.392. The summed E-state index contributed by atoms with van der Waals surface area (Å²) >= 11 is 5.68. The van der Waals surface area contributed by atoms with Gasteiger partial charge in [-0.1, -0.05) is 53.7 Å². The largest absolute Gasteiger partial charge is 0.361 e. The van der Waals surface area contributed by atoms with Gasteiger partial charge >= 0.3 is 0 Å². The molecular weight excluding hydrogens is 330 g/mol. The summed E-state index contributed by atoms with van der Waals surface area (Å²) in [6.45, 7) is 5.19. The van der Waals surface area contributed by atoms with E-state index >= 15 is 0 Å². The smallest absolute Gasteiger partial charge is 0.174 e. The van der Waals surface area contributed by atoms with Crippen LogP contribution in [-0.4, -0.2) is 10.3 Å². The Hall–Kier alpha value is -2.66. The van der Waals surface area contributed by atoms with Gasteiger partial charge in [-0.05, 0) is 43.8 Å². The van der Waals surface area contributed by atoms with E-state index in [1.165, 1.54) is 5.56 Å². The van der Waals surface area contributed by atoms with Gasteiger partial charge in [0.05, 0.1) is 12.2 Å². The molecule has 0 saturated carbocycles. The van der Waals surface area contributed by atoms with E-state index in [0.717, 1.165) is 22.7 Å². The molecule has 0 radical (unpaired) electrons. The van der Waals surface area contributed by atoms with Gasteiger partial charge in [0.15, 0.2) is 5.11 Å². The highest BCUT2D eigenvalue weighted by molar-refractivity contribution is 7.80. The number of hydrogen-bond acceptors (Lipinski definition) is 3. The average molecular weight is 351 g/mol. The summed E-state index contributed by atoms with van der Waals surface area (Å²) in [5.41, 5.74) is 4.18. The van der Waals surface area contributed by atoms with Gasteiger partial charge in [-0.2, -0.15) is 0 Å². The second kappa shape index (κ2) is 7.94. The van der Waals surface area contributed by atoms with Crippen molar-refractivity contribution in [3.63, 3.8) is 0 Å². The topological polar surface area (TPSA) is 41.3 Å². The Morgan fingerprint density at radius 3 is 2.28 bits per heavy atom. The van der Waals surface area contributed by atoms with E-state index in [1.807, 2.05) is 50.2 Å². The molecule has 4 nitrogen and oxygen atoms in total. The first-order valence-electron chi connectivity index (χ1n) is 8.21. The minimum absolute atomic E-state index is 0.617. The van der Waals surface area contributed by atoms with Crippen molar-refractivity contribution >= 4 is 23.0 Å². The lowest BCUT2D eigenvalue weighted by Gasteiger charge is -2.26. The third-order valence-electron chi connectivity index (χ3n) is 4.10. The highest BCUT2D eigenvalue weighted by Crippen LogP contribution is 2.21. The Morgan fingerprint density at radius 1 is 1.04 bits per heavy atom. The van der Waals surface area contributed by atoms with E-state index in [9.17, 15) is 0 Å². The Morgan fingerprint density at radius 2 is 1.68 bits per heavy atom. The summed E-state index contributed by atoms with van der Waals surface area (Å²) in [4.78, 5) is 2.07. The van der Waals surface area contributed by atoms with Crippen LogP contribution in [0.15, 0.2) is 65.2 Å². The molecule has 0 spiro atoms. The molecule has 0 fully saturated rings. The normalized spacial score (nSPS) is 10.5. The molecule has 0 aliphatic carbocycles. The predicted molar refractivity (Wildman–Crippen MR) is 104 cm³/mol. The van der Waals surface area contributed by atoms with Crippen LogP contribution in [0.5, 0.6) is 0 Å². The van der Waals surface area contributed by atoms with Crippen LogP contribution in [0.3, 0.4) is 0 Å². The molecule has 5 heteroatoms. The quantitative estimate of drug-likeness (QED) is 0.691. The molecule has 0 aliphatic rings. The third kappa shape index (κ3) is 4.25. The number of aromatic nitrogens is 1. The first-order chi connectivity index (χ1) is 12.1. The van der Waals surface area contributed by atoms with E-state index in [4.69, 9.17) is 16.7 Å². The Balaban J connectivity index is 1.80. The predicted octanol–water partition coefficient (Wildman–Crippen LogP) is 4.37. The number of rotatable bonds is 5. The van der Waals surface area contributed by atoms with Gasteiger partial charge in [0.2, 0.25) is 0 Å². The SMILES string of the molecule is Cc1noc(C)c1CN(C(=S)NCc1ccccc1)c1ccccc1. The van der Waals surface area contributed by atoms with E-state index < -0.39 is 0 Å². The number of nitrogens with one attached hydrogen (secondary N) is 1. The molecule has 3 aromatic rings. The van der Waals surface area contributed by atoms with Crippen LogP contribution in [0.2, 0.25) is 0 Å². The molecule has 2 aromatic carbocycles. The van der Waals surface area contributed by atoms with Gasteiger partial charge in [0.25, 0.3) is 0 Å². The first-order valence-corrected chi connectivity index (χ1v) is 8.62. The minimum atomic E-state index is 0.617. The zero-order valence-electron chi connectivity index (χ0n) is 14.4. The third-order valence-corrected chi connectivity index (χ3v) is 4.46. The first kappa shape index (κ1) is 17.2. The second-order valence-electron chi connectivity index (χ2n) is 5.87. The molecule has 128 valence electrons. The van der Waals surface area contributed by atoms with E-state index in [2.05, 4.69) is 39.6 Å². The molecule has 0 aliphatic heterocycles. The molecule has 1 heterocycles. The Bertz CT molecular complexity index is 811. The molecule has 0 unspecified atom stereocenters. The molecule has 25 heavy (non-hydrogen) atoms. The standard InChI is InChI=1S/C20H21N3OS/c1-15-19(16(2)24-22-15)14-23(18-11-7-4-8-12-18)20(25)21-13-17-9-5-3-6-10-17/h3-12H,13-14H2,1-2H3,(H,21,25). The van der Waals surface area contributed by atoms with Gasteiger partial charge in [-0.25, -0.2) is 0 Å². The highest BCUT2D eigenvalue weighted by Gasteiger charge is 2.17. The molecule has 0 amide bonds. The van der Waals surface area contributed by atoms with Crippen LogP contribution in [0, 0.1) is 13.8 Å². The second-order valence-corrected chi connectivity index (χ2v) is 6.26. The average Bonchev–Trinajstić information content (AvgIpc) is 2.97. The van der Waals surface area contributed by atoms with Crippen LogP contribution in [0.25, 0.3) is 0 Å². The van der Waals surface area contributed by atoms with Gasteiger partial charge in [0.1, 0.15) is 5.76 Å². The van der Waals surface area contributed by atoms with Crippen molar-refractivity contribution in [2.45, 2.75) is 26.9 Å². The summed E-state index contributed by atoms with van der Waals surface area (Å²) in [6, 6.07) is 20.3. The number of para-hydroxylation sites is 1. The van der Waals surface area contributed by atoms with Crippen molar-refractivity contribution in [2.75, 3.05) is 4.90 Å². The van der Waals surface area contributed by atoms with E-state index in [-0.39, 0.29) is 0 Å². The fourth-order valence-corrected chi connectivity index (χ4v) is 2.89. The molecule has 0 saturated heterocycles. The van der Waals surface area contributed by atoms with Crippen molar-refractivity contribution in [1.29, 1.82) is 0 Å². The summed E-state index contributed by atoms with van der Waals surface area (Å²) < 4.78 is 5.30. The fourth-order valence-electron chi connectivity index (χ4n) is 2.64. The van der Waals surface area contributed by atoms with Crippen molar-refractivity contribution in [3.05, 3.63) is 83.2 Å². The summed E-state index contributed by atoms with van der Waals surface area (Å²) in [5, 5.41) is 8.08. The van der Waals surface area contributed by atoms with Gasteiger partial charge in [-0.3, -0.25) is 0 Å². The maximum Gasteiger partial charge on any atom is 0.174 e. The lowest BCUT2D eigenvalue weighted by atomic mass is 10.2. The monoisotopic (exact) mass is 351 g/mol. The van der Waals surface area contributed by atoms with Crippen molar-refractivity contribution in [1.82, 2.24) is 10.5 Å². The number of aryl methyl sites for hydroxylation is 2. The molecular formula is C20H21N3OS. The maximum atomic E-state index is 5.68. The summed E-state index contributed by atoms with van der Waals surface area (Å²) in [6.07, 6.45) is 0. The molecule has 3 rings (SSSR count). The number of thiocarbonyl (C=S) groups is 1. The van der Waals surface area contributed by atoms with Gasteiger partial charge < -0.3 is 14.7 Å². The number of hydrogen-bond donors (Lipinski definition) is 1. The number of benzene rings is 2. The van der Waals surface area contributed by atoms with E-state index in [1.54, 1.807) is 0 Å². The van der Waals surface area contributed by atoms with Crippen molar-refractivity contribution < 1.29 is 4.52 Å². The van der Waals surface area contributed by atoms with Crippen LogP contribution >= 0.6 is 12.2 Å². The number of anilines is 1. The van der Waals surface area contributed by atoms with Crippen LogP contribution in [0.1, 0.15) is 22.6 Å². The lowest BCUT2D eigenvalue weighted by Crippen LogP contribution is -2.39. The van der Waals surface area contributed by atoms with Crippen molar-refractivity contribution in [2.24, 2.45) is 0 Å². The molecule has 0 bridgehead atoms. The van der Waals surface area contributed by atoms with Gasteiger partial charge in [0, 0.05) is 17.8 Å². The van der Waals surface area contributed by atoms with Gasteiger partial charge in [-0.15, -0.1) is 0 Å². The Kier molecular flexibility index (Phi) is 5.46. The van der Waals surface area contributed by atoms with Crippen LogP contribution in [0.4, 0.5) is 5.69 Å². The number of nitrogens with zero attached hydrogens (tertiary/aromatic N) is 2. The highest BCUT2D eigenvalue weighted by atomic mass is 32.1. The molecule has 0 atom stereocenters. The zero-order valence-corrected chi connectivity index (χ0v) is 15.2. The maximum absolute atomic E-state index is 5.68. The van der Waals surface area contributed by atoms with E-state index in [0.29, 0.717) is 18.2 Å². The zero-order chi connectivity index (χ0) is 17.6. The minimum Gasteiger partial charge on any atom is -0.361 e. The van der Waals surface area contributed by atoms with Crippen LogP contribution < -0.4 is 10.2 Å². The molecule has 1 N–H and O–H groups in total. The summed E-state index contributed by atoms with van der Waals surface area (Å²) in [7, 11) is 0. The van der Waals surface area contributed by atoms with Crippen molar-refractivity contribution in [3.8, 4) is 0 Å². The molecule has 1 aromatic heterocycles.